The van der Waals surface area contributed by atoms with Gasteiger partial charge in [0.15, 0.2) is 0 Å². The lowest BCUT2D eigenvalue weighted by Gasteiger charge is -2.14. The van der Waals surface area contributed by atoms with Gasteiger partial charge in [0, 0.05) is 18.9 Å². The van der Waals surface area contributed by atoms with E-state index in [0.29, 0.717) is 59.2 Å². The van der Waals surface area contributed by atoms with Crippen molar-refractivity contribution in [3.05, 3.63) is 59.7 Å². The molecular weight excluding hydrogens is 594 g/mol. The normalized spacial score (nSPS) is 12.1. The summed E-state index contributed by atoms with van der Waals surface area (Å²) in [5.74, 6) is -0.0995. The quantitative estimate of drug-likeness (QED) is 0.0726. The molecule has 2 aromatic carbocycles. The average Bonchev–Trinajstić information content (AvgIpc) is 3.41. The Morgan fingerprint density at radius 2 is 1.04 bits per heavy atom. The second kappa shape index (κ2) is 25.1. The molecule has 0 heterocycles. The van der Waals surface area contributed by atoms with Gasteiger partial charge in [-0.05, 0) is 28.7 Å². The van der Waals surface area contributed by atoms with Gasteiger partial charge in [-0.3, -0.25) is 4.79 Å². The summed E-state index contributed by atoms with van der Waals surface area (Å²) in [4.78, 5) is 24.1. The number of ether oxygens (including phenoxy) is 5. The molecule has 0 aromatic heterocycles. The SMILES string of the molecule is CCCCCCCCCCCCCCCC(=O)OCCOCCOCCOCCNC(=O)OCC1c2ccccc2-c2ccccc21. The molecule has 0 bridgehead atoms. The number of benzene rings is 2. The van der Waals surface area contributed by atoms with E-state index in [0.717, 1.165) is 12.8 Å². The molecule has 2 aromatic rings. The molecular formula is C39H59NO7. The van der Waals surface area contributed by atoms with Crippen molar-refractivity contribution in [2.45, 2.75) is 103 Å². The number of carbonyl (C=O) groups is 2. The van der Waals surface area contributed by atoms with Gasteiger partial charge in [-0.1, -0.05) is 133 Å². The summed E-state index contributed by atoms with van der Waals surface area (Å²) in [7, 11) is 0. The van der Waals surface area contributed by atoms with Crippen LogP contribution in [0.4, 0.5) is 4.79 Å². The van der Waals surface area contributed by atoms with Crippen molar-refractivity contribution in [3.63, 3.8) is 0 Å². The van der Waals surface area contributed by atoms with Gasteiger partial charge in [0.25, 0.3) is 0 Å². The van der Waals surface area contributed by atoms with Crippen molar-refractivity contribution in [1.29, 1.82) is 0 Å². The number of hydrogen-bond donors (Lipinski definition) is 1. The fourth-order valence-electron chi connectivity index (χ4n) is 5.99. The number of fused-ring (bicyclic) bond motifs is 3. The first-order valence-corrected chi connectivity index (χ1v) is 18.2. The highest BCUT2D eigenvalue weighted by Gasteiger charge is 2.28. The molecule has 1 aliphatic rings. The summed E-state index contributed by atoms with van der Waals surface area (Å²) >= 11 is 0. The van der Waals surface area contributed by atoms with Gasteiger partial charge in [0.05, 0.1) is 39.6 Å². The molecule has 262 valence electrons. The summed E-state index contributed by atoms with van der Waals surface area (Å²) in [6.45, 7) is 5.65. The maximum atomic E-state index is 12.2. The molecule has 1 amide bonds. The van der Waals surface area contributed by atoms with Crippen LogP contribution in [0.25, 0.3) is 11.1 Å². The van der Waals surface area contributed by atoms with Crippen molar-refractivity contribution in [2.75, 3.05) is 59.4 Å². The van der Waals surface area contributed by atoms with Gasteiger partial charge in [0.1, 0.15) is 13.2 Å². The Labute approximate surface area is 283 Å². The fraction of sp³-hybridized carbons (Fsp3) is 0.641. The smallest absolute Gasteiger partial charge is 0.407 e. The minimum Gasteiger partial charge on any atom is -0.463 e. The number of rotatable bonds is 28. The predicted octanol–water partition coefficient (Wildman–Crippen LogP) is 8.60. The highest BCUT2D eigenvalue weighted by atomic mass is 16.6. The van der Waals surface area contributed by atoms with E-state index in [1.165, 1.54) is 92.9 Å². The van der Waals surface area contributed by atoms with Crippen LogP contribution in [0, 0.1) is 0 Å². The third-order valence-corrected chi connectivity index (χ3v) is 8.58. The Morgan fingerprint density at radius 3 is 1.60 bits per heavy atom. The van der Waals surface area contributed by atoms with E-state index in [-0.39, 0.29) is 18.5 Å². The standard InChI is InChI=1S/C39H59NO7/c1-2-3-4-5-6-7-8-9-10-11-12-13-14-23-38(41)46-31-30-45-29-28-44-27-26-43-25-24-40-39(42)47-32-37-35-21-17-15-19-33(35)34-20-16-18-22-36(34)37/h15-22,37H,2-14,23-32H2,1H3,(H,40,42). The van der Waals surface area contributed by atoms with Crippen LogP contribution in [-0.4, -0.2) is 71.5 Å². The molecule has 3 rings (SSSR count). The van der Waals surface area contributed by atoms with Crippen LogP contribution in [0.15, 0.2) is 48.5 Å². The van der Waals surface area contributed by atoms with E-state index >= 15 is 0 Å². The summed E-state index contributed by atoms with van der Waals surface area (Å²) in [5.41, 5.74) is 4.79. The first-order valence-electron chi connectivity index (χ1n) is 18.2. The van der Waals surface area contributed by atoms with E-state index < -0.39 is 6.09 Å². The van der Waals surface area contributed by atoms with E-state index in [2.05, 4.69) is 36.5 Å². The number of amides is 1. The van der Waals surface area contributed by atoms with Crippen LogP contribution in [-0.2, 0) is 28.5 Å². The van der Waals surface area contributed by atoms with Crippen LogP contribution < -0.4 is 5.32 Å². The molecule has 47 heavy (non-hydrogen) atoms. The molecule has 1 N–H and O–H groups in total. The molecule has 0 aliphatic heterocycles. The lowest BCUT2D eigenvalue weighted by Crippen LogP contribution is -2.29. The van der Waals surface area contributed by atoms with E-state index in [4.69, 9.17) is 23.7 Å². The molecule has 1 aliphatic carbocycles. The van der Waals surface area contributed by atoms with Gasteiger partial charge in [-0.2, -0.15) is 0 Å². The Hall–Kier alpha value is -2.94. The van der Waals surface area contributed by atoms with Crippen molar-refractivity contribution < 1.29 is 33.3 Å². The van der Waals surface area contributed by atoms with Gasteiger partial charge >= 0.3 is 12.1 Å². The molecule has 0 atom stereocenters. The summed E-state index contributed by atoms with van der Waals surface area (Å²) in [5, 5.41) is 2.74. The number of alkyl carbamates (subject to hydrolysis) is 1. The number of unbranched alkanes of at least 4 members (excludes halogenated alkanes) is 12. The first-order chi connectivity index (χ1) is 23.2. The monoisotopic (exact) mass is 653 g/mol. The predicted molar refractivity (Wildman–Crippen MR) is 187 cm³/mol. The third kappa shape index (κ3) is 16.1. The minimum atomic E-state index is -0.450. The van der Waals surface area contributed by atoms with Crippen molar-refractivity contribution in [3.8, 4) is 11.1 Å². The molecule has 8 nitrogen and oxygen atoms in total. The Morgan fingerprint density at radius 1 is 0.574 bits per heavy atom. The average molecular weight is 654 g/mol. The number of esters is 1. The van der Waals surface area contributed by atoms with E-state index in [9.17, 15) is 9.59 Å². The Bertz CT molecular complexity index is 1080. The van der Waals surface area contributed by atoms with Crippen LogP contribution in [0.5, 0.6) is 0 Å². The van der Waals surface area contributed by atoms with Gasteiger partial charge in [0.2, 0.25) is 0 Å². The fourth-order valence-corrected chi connectivity index (χ4v) is 5.99. The summed E-state index contributed by atoms with van der Waals surface area (Å²) in [6.07, 6.45) is 16.8. The molecule has 0 radical (unpaired) electrons. The van der Waals surface area contributed by atoms with Crippen molar-refractivity contribution in [2.24, 2.45) is 0 Å². The van der Waals surface area contributed by atoms with Crippen molar-refractivity contribution in [1.82, 2.24) is 5.32 Å². The first kappa shape index (κ1) is 38.5. The molecule has 0 saturated carbocycles. The van der Waals surface area contributed by atoms with Gasteiger partial charge < -0.3 is 29.0 Å². The second-order valence-corrected chi connectivity index (χ2v) is 12.3. The zero-order valence-corrected chi connectivity index (χ0v) is 28.8. The molecule has 0 spiro atoms. The van der Waals surface area contributed by atoms with Crippen LogP contribution in [0.2, 0.25) is 0 Å². The molecule has 0 unspecified atom stereocenters. The number of hydrogen-bond acceptors (Lipinski definition) is 7. The number of carbonyl (C=O) groups excluding carboxylic acids is 2. The number of nitrogens with one attached hydrogen (secondary N) is 1. The minimum absolute atomic E-state index is 0.0411. The summed E-state index contributed by atoms with van der Waals surface area (Å²) in [6, 6.07) is 16.5. The van der Waals surface area contributed by atoms with Crippen LogP contribution in [0.3, 0.4) is 0 Å². The third-order valence-electron chi connectivity index (χ3n) is 8.58. The molecule has 0 fully saturated rings. The molecule has 0 saturated heterocycles. The van der Waals surface area contributed by atoms with Crippen LogP contribution >= 0.6 is 0 Å². The Kier molecular flexibility index (Phi) is 20.6. The zero-order valence-electron chi connectivity index (χ0n) is 28.8. The topological polar surface area (TPSA) is 92.3 Å². The Balaban J connectivity index is 1.03. The van der Waals surface area contributed by atoms with Crippen molar-refractivity contribution >= 4 is 12.1 Å². The van der Waals surface area contributed by atoms with Gasteiger partial charge in [-0.25, -0.2) is 4.79 Å². The molecule has 8 heteroatoms. The highest BCUT2D eigenvalue weighted by molar-refractivity contribution is 5.79. The highest BCUT2D eigenvalue weighted by Crippen LogP contribution is 2.44. The van der Waals surface area contributed by atoms with E-state index in [1.54, 1.807) is 0 Å². The van der Waals surface area contributed by atoms with E-state index in [1.807, 2.05) is 24.3 Å². The second-order valence-electron chi connectivity index (χ2n) is 12.3. The maximum absolute atomic E-state index is 12.2. The van der Waals surface area contributed by atoms with Gasteiger partial charge in [-0.15, -0.1) is 0 Å². The zero-order chi connectivity index (χ0) is 33.2. The summed E-state index contributed by atoms with van der Waals surface area (Å²) < 4.78 is 27.3. The lowest BCUT2D eigenvalue weighted by atomic mass is 9.98. The lowest BCUT2D eigenvalue weighted by molar-refractivity contribution is -0.145. The van der Waals surface area contributed by atoms with Crippen LogP contribution in [0.1, 0.15) is 114 Å². The maximum Gasteiger partial charge on any atom is 0.407 e. The largest absolute Gasteiger partial charge is 0.463 e.